The third-order valence-corrected chi connectivity index (χ3v) is 14.5. The molecule has 1 aromatic rings. The molecule has 6 rings (SSSR count). The van der Waals surface area contributed by atoms with Gasteiger partial charge < -0.3 is 39.3 Å². The Morgan fingerprint density at radius 2 is 1.70 bits per heavy atom. The van der Waals surface area contributed by atoms with Crippen molar-refractivity contribution in [2.45, 2.75) is 123 Å². The number of carbonyl (C=O) groups excluding carboxylic acids is 3. The van der Waals surface area contributed by atoms with Gasteiger partial charge in [0, 0.05) is 62.2 Å². The van der Waals surface area contributed by atoms with Crippen LogP contribution in [-0.4, -0.2) is 125 Å². The smallest absolute Gasteiger partial charge is 0.348 e. The number of hydrogen-bond acceptors (Lipinski definition) is 11. The maximum atomic E-state index is 14.5. The average Bonchev–Trinajstić information content (AvgIpc) is 3.12. The lowest BCUT2D eigenvalue weighted by atomic mass is 9.40. The molecule has 2 bridgehead atoms. The van der Waals surface area contributed by atoms with Gasteiger partial charge in [-0.25, -0.2) is 4.79 Å². The van der Waals surface area contributed by atoms with Gasteiger partial charge in [-0.1, -0.05) is 65.0 Å². The van der Waals surface area contributed by atoms with Crippen molar-refractivity contribution in [3.05, 3.63) is 47.0 Å². The molecular formula is C42H62N2O9. The maximum Gasteiger partial charge on any atom is 0.348 e. The standard InChI is InChI=1S/C42H62N2O9/c1-25(28-14-10-9-11-15-28)35(53-32(46)16-12-13-17-44-20-18-43(8)19-21-44)38(49)52-29-23-42(50)27(3)36-40(6)24-51-31(40)22-30(45)41(36,7)37(48)34(47)33(26(29)2)39(42,4)5/h9-11,14-15,25,27,29-31,34-36,45,47,50H,12-13,16-24H2,1-8H3/t25-,27-,29-,30-,31+,34+,35+,36?,40+,41+,42+/m0/s1. The Hall–Kier alpha value is -2.67. The molecule has 53 heavy (non-hydrogen) atoms. The first kappa shape index (κ1) is 40.0. The van der Waals surface area contributed by atoms with E-state index < -0.39 is 81.7 Å². The fraction of sp³-hybridized carbons (Fsp3) is 0.738. The molecule has 0 aromatic heterocycles. The number of piperazine rings is 1. The number of fused-ring (bicyclic) bond motifs is 5. The number of Topliss-reactive ketones (excluding diaryl/α,β-unsaturated/α-hetero) is 1. The first-order valence-electron chi connectivity index (χ1n) is 19.7. The molecule has 2 saturated heterocycles. The Morgan fingerprint density at radius 3 is 2.32 bits per heavy atom. The molecule has 0 spiro atoms. The predicted molar refractivity (Wildman–Crippen MR) is 199 cm³/mol. The Balaban J connectivity index is 1.26. The van der Waals surface area contributed by atoms with Gasteiger partial charge in [-0.3, -0.25) is 9.59 Å². The Labute approximate surface area is 315 Å². The molecule has 1 aromatic carbocycles. The van der Waals surface area contributed by atoms with Gasteiger partial charge >= 0.3 is 11.9 Å². The van der Waals surface area contributed by atoms with Crippen molar-refractivity contribution in [2.24, 2.45) is 28.1 Å². The van der Waals surface area contributed by atoms with E-state index in [1.807, 2.05) is 65.0 Å². The van der Waals surface area contributed by atoms with Gasteiger partial charge in [-0.15, -0.1) is 0 Å². The van der Waals surface area contributed by atoms with Crippen LogP contribution in [0.1, 0.15) is 92.1 Å². The third-order valence-electron chi connectivity index (χ3n) is 14.5. The molecule has 11 nitrogen and oxygen atoms in total. The van der Waals surface area contributed by atoms with Gasteiger partial charge in [0.15, 0.2) is 5.78 Å². The number of benzene rings is 1. The topological polar surface area (TPSA) is 146 Å². The summed E-state index contributed by atoms with van der Waals surface area (Å²) in [6.07, 6.45) is -3.36. The number of hydrogen-bond donors (Lipinski definition) is 3. The molecule has 4 fully saturated rings. The molecule has 5 aliphatic rings. The first-order valence-corrected chi connectivity index (χ1v) is 19.7. The van der Waals surface area contributed by atoms with Gasteiger partial charge in [0.1, 0.15) is 12.2 Å². The Kier molecular flexibility index (Phi) is 11.1. The third kappa shape index (κ3) is 6.71. The van der Waals surface area contributed by atoms with Crippen LogP contribution < -0.4 is 0 Å². The van der Waals surface area contributed by atoms with Crippen LogP contribution in [-0.2, 0) is 28.6 Å². The van der Waals surface area contributed by atoms with Crippen LogP contribution >= 0.6 is 0 Å². The molecule has 0 radical (unpaired) electrons. The number of likely N-dealkylation sites (N-methyl/N-ethyl adjacent to an activating group) is 1. The number of nitrogens with zero attached hydrogens (tertiary/aromatic N) is 2. The Morgan fingerprint density at radius 1 is 1.04 bits per heavy atom. The van der Waals surface area contributed by atoms with Crippen LogP contribution in [0.2, 0.25) is 0 Å². The van der Waals surface area contributed by atoms with E-state index >= 15 is 0 Å². The summed E-state index contributed by atoms with van der Waals surface area (Å²) in [5, 5.41) is 36.6. The molecule has 294 valence electrons. The van der Waals surface area contributed by atoms with Crippen molar-refractivity contribution >= 4 is 17.7 Å². The number of aliphatic hydroxyl groups is 3. The quantitative estimate of drug-likeness (QED) is 0.183. The first-order chi connectivity index (χ1) is 24.9. The molecule has 2 aliphatic heterocycles. The zero-order valence-electron chi connectivity index (χ0n) is 33.0. The highest BCUT2D eigenvalue weighted by Crippen LogP contribution is 2.66. The largest absolute Gasteiger partial charge is 0.455 e. The van der Waals surface area contributed by atoms with E-state index in [1.54, 1.807) is 13.8 Å². The molecule has 11 atom stereocenters. The zero-order valence-corrected chi connectivity index (χ0v) is 33.0. The van der Waals surface area contributed by atoms with Crippen molar-refractivity contribution in [2.75, 3.05) is 46.4 Å². The number of aliphatic hydroxyl groups excluding tert-OH is 2. The summed E-state index contributed by atoms with van der Waals surface area (Å²) < 4.78 is 18.1. The van der Waals surface area contributed by atoms with Gasteiger partial charge in [-0.2, -0.15) is 0 Å². The molecular weight excluding hydrogens is 676 g/mol. The van der Waals surface area contributed by atoms with Gasteiger partial charge in [-0.05, 0) is 68.8 Å². The summed E-state index contributed by atoms with van der Waals surface area (Å²) in [4.78, 5) is 46.9. The summed E-state index contributed by atoms with van der Waals surface area (Å²) in [7, 11) is 2.12. The minimum Gasteiger partial charge on any atom is -0.455 e. The highest BCUT2D eigenvalue weighted by Gasteiger charge is 2.73. The Bertz CT molecular complexity index is 1570. The molecule has 1 unspecified atom stereocenters. The molecule has 2 saturated carbocycles. The van der Waals surface area contributed by atoms with Crippen LogP contribution in [0.5, 0.6) is 0 Å². The summed E-state index contributed by atoms with van der Waals surface area (Å²) in [6.45, 7) is 18.3. The maximum absolute atomic E-state index is 14.5. The lowest BCUT2D eigenvalue weighted by molar-refractivity contribution is -0.302. The normalized spacial score (nSPS) is 38.4. The van der Waals surface area contributed by atoms with Crippen molar-refractivity contribution in [1.29, 1.82) is 0 Å². The lowest BCUT2D eigenvalue weighted by Crippen LogP contribution is -2.75. The minimum atomic E-state index is -1.64. The molecule has 2 heterocycles. The van der Waals surface area contributed by atoms with Crippen molar-refractivity contribution in [3.63, 3.8) is 0 Å². The van der Waals surface area contributed by atoms with Crippen molar-refractivity contribution in [3.8, 4) is 0 Å². The van der Waals surface area contributed by atoms with Crippen LogP contribution in [0.4, 0.5) is 0 Å². The van der Waals surface area contributed by atoms with Gasteiger partial charge in [0.25, 0.3) is 0 Å². The van der Waals surface area contributed by atoms with E-state index in [0.29, 0.717) is 24.2 Å². The summed E-state index contributed by atoms with van der Waals surface area (Å²) >= 11 is 0. The summed E-state index contributed by atoms with van der Waals surface area (Å²) in [5.74, 6) is -3.37. The van der Waals surface area contributed by atoms with Crippen LogP contribution in [0.25, 0.3) is 0 Å². The summed E-state index contributed by atoms with van der Waals surface area (Å²) in [5.41, 5.74) is -2.95. The number of ether oxygens (including phenoxy) is 3. The van der Waals surface area contributed by atoms with Crippen LogP contribution in [0, 0.1) is 28.1 Å². The fourth-order valence-electron chi connectivity index (χ4n) is 10.9. The average molecular weight is 739 g/mol. The second kappa shape index (κ2) is 14.8. The molecule has 3 aliphatic carbocycles. The lowest BCUT2D eigenvalue weighted by Gasteiger charge is -2.68. The second-order valence-electron chi connectivity index (χ2n) is 17.9. The fourth-order valence-corrected chi connectivity index (χ4v) is 10.9. The number of esters is 2. The van der Waals surface area contributed by atoms with E-state index in [4.69, 9.17) is 14.2 Å². The molecule has 3 N–H and O–H groups in total. The molecule has 0 amide bonds. The second-order valence-corrected chi connectivity index (χ2v) is 17.9. The van der Waals surface area contributed by atoms with E-state index in [0.717, 1.165) is 44.7 Å². The monoisotopic (exact) mass is 738 g/mol. The number of carbonyl (C=O) groups is 3. The highest BCUT2D eigenvalue weighted by atomic mass is 16.6. The zero-order chi connectivity index (χ0) is 38.7. The highest BCUT2D eigenvalue weighted by molar-refractivity contribution is 5.93. The number of rotatable bonds is 10. The van der Waals surface area contributed by atoms with Gasteiger partial charge in [0.05, 0.1) is 29.8 Å². The van der Waals surface area contributed by atoms with Crippen LogP contribution in [0.15, 0.2) is 41.5 Å². The van der Waals surface area contributed by atoms with Crippen molar-refractivity contribution < 1.29 is 43.9 Å². The van der Waals surface area contributed by atoms with E-state index in [2.05, 4.69) is 16.8 Å². The molecule has 11 heteroatoms. The SMILES string of the molecule is CC1=C2[C@@H](O)C(=O)[C@@]3(C)C([C@H](C)[C@](O)(C[C@@H]1OC(=O)[C@H](OC(=O)CCCCN1CCN(C)CC1)[C@@H](C)c1ccccc1)C2(C)C)[C@]1(C)CO[C@@H]1C[C@@H]3O. The van der Waals surface area contributed by atoms with Crippen LogP contribution in [0.3, 0.4) is 0 Å². The minimum absolute atomic E-state index is 0.000104. The van der Waals surface area contributed by atoms with Crippen molar-refractivity contribution in [1.82, 2.24) is 9.80 Å². The number of unbranched alkanes of at least 4 members (excludes halogenated alkanes) is 1. The van der Waals surface area contributed by atoms with E-state index in [1.165, 1.54) is 0 Å². The number of ketones is 1. The summed E-state index contributed by atoms with van der Waals surface area (Å²) in [6, 6.07) is 9.36. The predicted octanol–water partition coefficient (Wildman–Crippen LogP) is 3.88. The van der Waals surface area contributed by atoms with E-state index in [9.17, 15) is 29.7 Å². The van der Waals surface area contributed by atoms with Gasteiger partial charge in [0.2, 0.25) is 6.10 Å². The van der Waals surface area contributed by atoms with E-state index in [-0.39, 0.29) is 25.4 Å².